The SMILES string of the molecule is O=C(O)C1CSCN1S(=O)(=O)c1cc(Br)ccc1Br. The van der Waals surface area contributed by atoms with Crippen molar-refractivity contribution >= 4 is 59.6 Å². The molecule has 9 heteroatoms. The van der Waals surface area contributed by atoms with E-state index < -0.39 is 22.0 Å². The molecule has 1 heterocycles. The Morgan fingerprint density at radius 1 is 1.42 bits per heavy atom. The third-order valence-electron chi connectivity index (χ3n) is 2.61. The van der Waals surface area contributed by atoms with E-state index in [1.807, 2.05) is 0 Å². The summed E-state index contributed by atoms with van der Waals surface area (Å²) in [6.45, 7) is 0. The second kappa shape index (κ2) is 5.72. The summed E-state index contributed by atoms with van der Waals surface area (Å²) < 4.78 is 27.1. The van der Waals surface area contributed by atoms with Crippen molar-refractivity contribution in [2.45, 2.75) is 10.9 Å². The third-order valence-corrected chi connectivity index (χ3v) is 7.12. The van der Waals surface area contributed by atoms with Crippen LogP contribution in [0.2, 0.25) is 0 Å². The van der Waals surface area contributed by atoms with Gasteiger partial charge < -0.3 is 5.11 Å². The largest absolute Gasteiger partial charge is 0.480 e. The molecule has 1 fully saturated rings. The smallest absolute Gasteiger partial charge is 0.322 e. The normalized spacial score (nSPS) is 20.6. The van der Waals surface area contributed by atoms with Crippen molar-refractivity contribution in [3.63, 3.8) is 0 Å². The molecule has 1 aromatic carbocycles. The molecule has 0 radical (unpaired) electrons. The van der Waals surface area contributed by atoms with Gasteiger partial charge in [0.15, 0.2) is 0 Å². The lowest BCUT2D eigenvalue weighted by Gasteiger charge is -2.20. The molecule has 0 aromatic heterocycles. The van der Waals surface area contributed by atoms with E-state index in [9.17, 15) is 13.2 Å². The number of aliphatic carboxylic acids is 1. The van der Waals surface area contributed by atoms with Gasteiger partial charge in [0.1, 0.15) is 6.04 Å². The summed E-state index contributed by atoms with van der Waals surface area (Å²) in [7, 11) is -3.83. The number of rotatable bonds is 3. The number of hydrogen-bond donors (Lipinski definition) is 1. The molecule has 1 aliphatic heterocycles. The second-order valence-corrected chi connectivity index (χ2v) is 8.45. The van der Waals surface area contributed by atoms with E-state index in [0.717, 1.165) is 4.31 Å². The number of thioether (sulfide) groups is 1. The highest BCUT2D eigenvalue weighted by atomic mass is 79.9. The number of hydrogen-bond acceptors (Lipinski definition) is 4. The molecule has 104 valence electrons. The lowest BCUT2D eigenvalue weighted by atomic mass is 10.4. The van der Waals surface area contributed by atoms with E-state index in [0.29, 0.717) is 8.95 Å². The lowest BCUT2D eigenvalue weighted by molar-refractivity contribution is -0.140. The molecule has 1 saturated heterocycles. The number of halogens is 2. The zero-order chi connectivity index (χ0) is 14.2. The predicted molar refractivity (Wildman–Crippen MR) is 79.6 cm³/mol. The first-order valence-electron chi connectivity index (χ1n) is 5.11. The van der Waals surface area contributed by atoms with E-state index in [1.54, 1.807) is 12.1 Å². The van der Waals surface area contributed by atoms with E-state index in [-0.39, 0.29) is 16.5 Å². The van der Waals surface area contributed by atoms with Gasteiger partial charge in [-0.3, -0.25) is 4.79 Å². The Hall–Kier alpha value is -0.0900. The van der Waals surface area contributed by atoms with Crippen molar-refractivity contribution in [2.24, 2.45) is 0 Å². The zero-order valence-electron chi connectivity index (χ0n) is 9.42. The second-order valence-electron chi connectivity index (χ2n) is 3.82. The summed E-state index contributed by atoms with van der Waals surface area (Å²) in [5, 5.41) is 9.08. The average molecular weight is 431 g/mol. The van der Waals surface area contributed by atoms with Gasteiger partial charge in [0.25, 0.3) is 0 Å². The molecule has 0 saturated carbocycles. The van der Waals surface area contributed by atoms with Gasteiger partial charge in [-0.25, -0.2) is 8.42 Å². The molecule has 0 amide bonds. The maximum absolute atomic E-state index is 12.5. The minimum Gasteiger partial charge on any atom is -0.480 e. The van der Waals surface area contributed by atoms with Crippen LogP contribution in [-0.4, -0.2) is 41.5 Å². The van der Waals surface area contributed by atoms with Gasteiger partial charge >= 0.3 is 5.97 Å². The standard InChI is InChI=1S/C10H9Br2NO4S2/c11-6-1-2-7(12)9(3-6)19(16,17)13-5-18-4-8(13)10(14)15/h1-3,8H,4-5H2,(H,14,15). The Labute approximate surface area is 131 Å². The van der Waals surface area contributed by atoms with Crippen LogP contribution >= 0.6 is 43.6 Å². The first-order chi connectivity index (χ1) is 8.84. The molecular weight excluding hydrogens is 422 g/mol. The number of benzene rings is 1. The molecule has 5 nitrogen and oxygen atoms in total. The summed E-state index contributed by atoms with van der Waals surface area (Å²) >= 11 is 7.69. The highest BCUT2D eigenvalue weighted by Gasteiger charge is 2.40. The van der Waals surface area contributed by atoms with E-state index in [2.05, 4.69) is 31.9 Å². The molecule has 0 bridgehead atoms. The summed E-state index contributed by atoms with van der Waals surface area (Å²) in [6.07, 6.45) is 0. The van der Waals surface area contributed by atoms with Crippen LogP contribution in [0.4, 0.5) is 0 Å². The van der Waals surface area contributed by atoms with Crippen molar-refractivity contribution < 1.29 is 18.3 Å². The summed E-state index contributed by atoms with van der Waals surface area (Å²) in [5.74, 6) is -0.710. The Morgan fingerprint density at radius 3 is 2.74 bits per heavy atom. The fraction of sp³-hybridized carbons (Fsp3) is 0.300. The molecule has 0 spiro atoms. The molecule has 1 aliphatic rings. The molecule has 1 atom stereocenters. The van der Waals surface area contributed by atoms with Gasteiger partial charge in [-0.15, -0.1) is 11.8 Å². The van der Waals surface area contributed by atoms with Crippen LogP contribution in [-0.2, 0) is 14.8 Å². The molecule has 1 unspecified atom stereocenters. The first kappa shape index (κ1) is 15.3. The maximum atomic E-state index is 12.5. The van der Waals surface area contributed by atoms with Crippen LogP contribution in [0, 0.1) is 0 Å². The Bertz CT molecular complexity index is 620. The van der Waals surface area contributed by atoms with Gasteiger partial charge in [-0.2, -0.15) is 4.31 Å². The summed E-state index contributed by atoms with van der Waals surface area (Å²) in [5.41, 5.74) is 0. The van der Waals surface area contributed by atoms with Crippen LogP contribution in [0.25, 0.3) is 0 Å². The molecular formula is C10H9Br2NO4S2. The lowest BCUT2D eigenvalue weighted by Crippen LogP contribution is -2.41. The highest BCUT2D eigenvalue weighted by Crippen LogP contribution is 2.33. The minimum absolute atomic E-state index is 0.0654. The fourth-order valence-electron chi connectivity index (χ4n) is 1.66. The molecule has 1 aromatic rings. The number of carboxylic acid groups (broad SMARTS) is 1. The highest BCUT2D eigenvalue weighted by molar-refractivity contribution is 9.11. The topological polar surface area (TPSA) is 74.7 Å². The number of sulfonamides is 1. The number of carboxylic acids is 1. The zero-order valence-corrected chi connectivity index (χ0v) is 14.2. The van der Waals surface area contributed by atoms with Crippen LogP contribution < -0.4 is 0 Å². The van der Waals surface area contributed by atoms with Crippen molar-refractivity contribution in [3.05, 3.63) is 27.1 Å². The van der Waals surface area contributed by atoms with Crippen LogP contribution in [0.5, 0.6) is 0 Å². The molecule has 0 aliphatic carbocycles. The quantitative estimate of drug-likeness (QED) is 0.796. The summed E-state index contributed by atoms with van der Waals surface area (Å²) in [6, 6.07) is 3.76. The van der Waals surface area contributed by atoms with Crippen LogP contribution in [0.1, 0.15) is 0 Å². The van der Waals surface area contributed by atoms with Crippen molar-refractivity contribution in [2.75, 3.05) is 11.6 Å². The number of carbonyl (C=O) groups is 1. The Kier molecular flexibility index (Phi) is 4.61. The first-order valence-corrected chi connectivity index (χ1v) is 9.29. The maximum Gasteiger partial charge on any atom is 0.322 e. The van der Waals surface area contributed by atoms with E-state index in [4.69, 9.17) is 5.11 Å². The monoisotopic (exact) mass is 429 g/mol. The fourth-order valence-corrected chi connectivity index (χ4v) is 6.26. The van der Waals surface area contributed by atoms with Gasteiger partial charge in [-0.1, -0.05) is 15.9 Å². The van der Waals surface area contributed by atoms with Crippen molar-refractivity contribution in [1.29, 1.82) is 0 Å². The summed E-state index contributed by atoms with van der Waals surface area (Å²) in [4.78, 5) is 11.2. The molecule has 2 rings (SSSR count). The van der Waals surface area contributed by atoms with Crippen LogP contribution in [0.3, 0.4) is 0 Å². The van der Waals surface area contributed by atoms with Gasteiger partial charge in [0, 0.05) is 14.7 Å². The van der Waals surface area contributed by atoms with E-state index >= 15 is 0 Å². The predicted octanol–water partition coefficient (Wildman–Crippen LogP) is 2.36. The van der Waals surface area contributed by atoms with E-state index in [1.165, 1.54) is 17.8 Å². The van der Waals surface area contributed by atoms with Crippen molar-refractivity contribution in [3.8, 4) is 0 Å². The molecule has 1 N–H and O–H groups in total. The van der Waals surface area contributed by atoms with Crippen molar-refractivity contribution in [1.82, 2.24) is 4.31 Å². The average Bonchev–Trinajstić information content (AvgIpc) is 2.82. The van der Waals surface area contributed by atoms with Gasteiger partial charge in [0.05, 0.1) is 10.8 Å². The van der Waals surface area contributed by atoms with Gasteiger partial charge in [0.2, 0.25) is 10.0 Å². The Morgan fingerprint density at radius 2 is 2.11 bits per heavy atom. The Balaban J connectivity index is 2.48. The molecule has 19 heavy (non-hydrogen) atoms. The van der Waals surface area contributed by atoms with Gasteiger partial charge in [-0.05, 0) is 34.1 Å². The number of nitrogens with zero attached hydrogens (tertiary/aromatic N) is 1. The van der Waals surface area contributed by atoms with Crippen LogP contribution in [0.15, 0.2) is 32.0 Å². The minimum atomic E-state index is -3.83. The third kappa shape index (κ3) is 2.99.